The SMILES string of the molecule is COc1ccc(OCC(=O)Nc2ccc(C)cc2C)cc1. The summed E-state index contributed by atoms with van der Waals surface area (Å²) in [5.41, 5.74) is 3.01. The molecule has 1 N–H and O–H groups in total. The van der Waals surface area contributed by atoms with E-state index in [2.05, 4.69) is 5.32 Å². The van der Waals surface area contributed by atoms with E-state index in [9.17, 15) is 4.79 Å². The van der Waals surface area contributed by atoms with E-state index in [4.69, 9.17) is 9.47 Å². The topological polar surface area (TPSA) is 47.6 Å². The number of amides is 1. The predicted molar refractivity (Wildman–Crippen MR) is 83.0 cm³/mol. The van der Waals surface area contributed by atoms with E-state index in [1.807, 2.05) is 32.0 Å². The van der Waals surface area contributed by atoms with E-state index >= 15 is 0 Å². The normalized spacial score (nSPS) is 10.0. The molecule has 110 valence electrons. The number of carbonyl (C=O) groups is 1. The molecule has 4 heteroatoms. The molecule has 0 aliphatic carbocycles. The van der Waals surface area contributed by atoms with Crippen molar-refractivity contribution in [2.45, 2.75) is 13.8 Å². The molecule has 1 amide bonds. The van der Waals surface area contributed by atoms with Crippen molar-refractivity contribution in [1.82, 2.24) is 0 Å². The van der Waals surface area contributed by atoms with E-state index in [0.29, 0.717) is 5.75 Å². The van der Waals surface area contributed by atoms with Crippen LogP contribution in [0.15, 0.2) is 42.5 Å². The van der Waals surface area contributed by atoms with E-state index in [-0.39, 0.29) is 12.5 Å². The molecule has 2 aromatic carbocycles. The highest BCUT2D eigenvalue weighted by Crippen LogP contribution is 2.18. The molecule has 0 atom stereocenters. The van der Waals surface area contributed by atoms with Gasteiger partial charge in [0.2, 0.25) is 0 Å². The lowest BCUT2D eigenvalue weighted by Crippen LogP contribution is -2.20. The van der Waals surface area contributed by atoms with Crippen molar-refractivity contribution in [1.29, 1.82) is 0 Å². The smallest absolute Gasteiger partial charge is 0.262 e. The van der Waals surface area contributed by atoms with Gasteiger partial charge >= 0.3 is 0 Å². The molecular formula is C17H19NO3. The van der Waals surface area contributed by atoms with Gasteiger partial charge in [0.1, 0.15) is 11.5 Å². The Kier molecular flexibility index (Phi) is 4.82. The van der Waals surface area contributed by atoms with Gasteiger partial charge in [0.25, 0.3) is 5.91 Å². The highest BCUT2D eigenvalue weighted by Gasteiger charge is 2.06. The zero-order chi connectivity index (χ0) is 15.2. The van der Waals surface area contributed by atoms with Crippen molar-refractivity contribution in [2.24, 2.45) is 0 Å². The van der Waals surface area contributed by atoms with Crippen molar-refractivity contribution in [2.75, 3.05) is 19.0 Å². The second kappa shape index (κ2) is 6.79. The number of hydrogen-bond donors (Lipinski definition) is 1. The molecule has 0 saturated heterocycles. The molecule has 0 aromatic heterocycles. The monoisotopic (exact) mass is 285 g/mol. The number of anilines is 1. The lowest BCUT2D eigenvalue weighted by Gasteiger charge is -2.10. The van der Waals surface area contributed by atoms with Gasteiger partial charge in [0, 0.05) is 5.69 Å². The first-order chi connectivity index (χ1) is 10.1. The van der Waals surface area contributed by atoms with E-state index in [1.54, 1.807) is 31.4 Å². The largest absolute Gasteiger partial charge is 0.497 e. The van der Waals surface area contributed by atoms with Gasteiger partial charge in [-0.25, -0.2) is 0 Å². The van der Waals surface area contributed by atoms with Gasteiger partial charge in [-0.05, 0) is 49.7 Å². The van der Waals surface area contributed by atoms with Gasteiger partial charge < -0.3 is 14.8 Å². The molecule has 2 aromatic rings. The molecule has 21 heavy (non-hydrogen) atoms. The standard InChI is InChI=1S/C17H19NO3/c1-12-4-9-16(13(2)10-12)18-17(19)11-21-15-7-5-14(20-3)6-8-15/h4-10H,11H2,1-3H3,(H,18,19). The zero-order valence-corrected chi connectivity index (χ0v) is 12.5. The van der Waals surface area contributed by atoms with Gasteiger partial charge in [-0.1, -0.05) is 17.7 Å². The summed E-state index contributed by atoms with van der Waals surface area (Å²) in [6, 6.07) is 13.0. The lowest BCUT2D eigenvalue weighted by atomic mass is 10.1. The lowest BCUT2D eigenvalue weighted by molar-refractivity contribution is -0.118. The second-order valence-corrected chi connectivity index (χ2v) is 4.83. The highest BCUT2D eigenvalue weighted by atomic mass is 16.5. The molecule has 0 unspecified atom stereocenters. The maximum atomic E-state index is 11.9. The third kappa shape index (κ3) is 4.24. The van der Waals surface area contributed by atoms with Crippen LogP contribution in [0.5, 0.6) is 11.5 Å². The maximum Gasteiger partial charge on any atom is 0.262 e. The minimum Gasteiger partial charge on any atom is -0.497 e. The van der Waals surface area contributed by atoms with Crippen LogP contribution in [0.3, 0.4) is 0 Å². The first-order valence-corrected chi connectivity index (χ1v) is 6.72. The van der Waals surface area contributed by atoms with Crippen molar-refractivity contribution < 1.29 is 14.3 Å². The van der Waals surface area contributed by atoms with Gasteiger partial charge in [0.15, 0.2) is 6.61 Å². The molecule has 0 spiro atoms. The molecule has 0 aliphatic heterocycles. The first-order valence-electron chi connectivity index (χ1n) is 6.72. The predicted octanol–water partition coefficient (Wildman–Crippen LogP) is 3.33. The van der Waals surface area contributed by atoms with Gasteiger partial charge in [-0.3, -0.25) is 4.79 Å². The molecule has 0 fully saturated rings. The molecule has 0 radical (unpaired) electrons. The summed E-state index contributed by atoms with van der Waals surface area (Å²) in [7, 11) is 1.60. The fourth-order valence-corrected chi connectivity index (χ4v) is 1.96. The van der Waals surface area contributed by atoms with Crippen LogP contribution in [0.2, 0.25) is 0 Å². The molecule has 0 bridgehead atoms. The Labute approximate surface area is 124 Å². The quantitative estimate of drug-likeness (QED) is 0.916. The number of carbonyl (C=O) groups excluding carboxylic acids is 1. The van der Waals surface area contributed by atoms with Crippen molar-refractivity contribution in [3.63, 3.8) is 0 Å². The summed E-state index contributed by atoms with van der Waals surface area (Å²) in [6.45, 7) is 3.96. The van der Waals surface area contributed by atoms with Crippen LogP contribution >= 0.6 is 0 Å². The molecule has 0 heterocycles. The Hall–Kier alpha value is -2.49. The Morgan fingerprint density at radius 3 is 2.33 bits per heavy atom. The van der Waals surface area contributed by atoms with Crippen molar-refractivity contribution in [3.8, 4) is 11.5 Å². The summed E-state index contributed by atoms with van der Waals surface area (Å²) in [5, 5.41) is 2.84. The minimum absolute atomic E-state index is 0.0281. The minimum atomic E-state index is -0.183. The number of benzene rings is 2. The van der Waals surface area contributed by atoms with E-state index < -0.39 is 0 Å². The maximum absolute atomic E-state index is 11.9. The Balaban J connectivity index is 1.89. The van der Waals surface area contributed by atoms with Gasteiger partial charge in [0.05, 0.1) is 7.11 Å². The number of hydrogen-bond acceptors (Lipinski definition) is 3. The van der Waals surface area contributed by atoms with Crippen molar-refractivity contribution in [3.05, 3.63) is 53.6 Å². The summed E-state index contributed by atoms with van der Waals surface area (Å²) < 4.78 is 10.5. The first kappa shape index (κ1) is 14.9. The van der Waals surface area contributed by atoms with Crippen LogP contribution in [0, 0.1) is 13.8 Å². The molecule has 2 rings (SSSR count). The molecule has 4 nitrogen and oxygen atoms in total. The van der Waals surface area contributed by atoms with Crippen LogP contribution in [0.25, 0.3) is 0 Å². The fraction of sp³-hybridized carbons (Fsp3) is 0.235. The number of nitrogens with one attached hydrogen (secondary N) is 1. The zero-order valence-electron chi connectivity index (χ0n) is 12.5. The van der Waals surface area contributed by atoms with Gasteiger partial charge in [-0.15, -0.1) is 0 Å². The summed E-state index contributed by atoms with van der Waals surface area (Å²) in [4.78, 5) is 11.9. The number of methoxy groups -OCH3 is 1. The van der Waals surface area contributed by atoms with Crippen LogP contribution in [0.4, 0.5) is 5.69 Å². The van der Waals surface area contributed by atoms with Crippen LogP contribution in [0.1, 0.15) is 11.1 Å². The van der Waals surface area contributed by atoms with Gasteiger partial charge in [-0.2, -0.15) is 0 Å². The number of rotatable bonds is 5. The summed E-state index contributed by atoms with van der Waals surface area (Å²) >= 11 is 0. The Morgan fingerprint density at radius 1 is 1.05 bits per heavy atom. The third-order valence-electron chi connectivity index (χ3n) is 3.09. The molecular weight excluding hydrogens is 266 g/mol. The second-order valence-electron chi connectivity index (χ2n) is 4.83. The highest BCUT2D eigenvalue weighted by molar-refractivity contribution is 5.92. The number of ether oxygens (including phenoxy) is 2. The molecule has 0 saturated carbocycles. The van der Waals surface area contributed by atoms with Crippen LogP contribution in [-0.2, 0) is 4.79 Å². The van der Waals surface area contributed by atoms with Crippen LogP contribution in [-0.4, -0.2) is 19.6 Å². The van der Waals surface area contributed by atoms with Crippen molar-refractivity contribution >= 4 is 11.6 Å². The van der Waals surface area contributed by atoms with E-state index in [0.717, 1.165) is 17.0 Å². The van der Waals surface area contributed by atoms with E-state index in [1.165, 1.54) is 5.56 Å². The Morgan fingerprint density at radius 2 is 1.71 bits per heavy atom. The third-order valence-corrected chi connectivity index (χ3v) is 3.09. The average Bonchev–Trinajstić information content (AvgIpc) is 2.48. The fourth-order valence-electron chi connectivity index (χ4n) is 1.96. The summed E-state index contributed by atoms with van der Waals surface area (Å²) in [6.07, 6.45) is 0. The summed E-state index contributed by atoms with van der Waals surface area (Å²) in [5.74, 6) is 1.20. The average molecular weight is 285 g/mol. The molecule has 0 aliphatic rings. The Bertz CT molecular complexity index is 620. The number of aryl methyl sites for hydroxylation is 2. The van der Waals surface area contributed by atoms with Crippen LogP contribution < -0.4 is 14.8 Å².